The van der Waals surface area contributed by atoms with E-state index in [1.165, 1.54) is 7.11 Å². The molecule has 0 aromatic heterocycles. The van der Waals surface area contributed by atoms with Crippen LogP contribution in [-0.4, -0.2) is 39.0 Å². The fourth-order valence-corrected chi connectivity index (χ4v) is 2.97. The predicted octanol–water partition coefficient (Wildman–Crippen LogP) is 1.72. The van der Waals surface area contributed by atoms with E-state index in [1.54, 1.807) is 0 Å². The van der Waals surface area contributed by atoms with Crippen molar-refractivity contribution in [2.24, 2.45) is 0 Å². The van der Waals surface area contributed by atoms with Crippen LogP contribution in [-0.2, 0) is 14.6 Å². The number of unbranched alkanes of at least 4 members (excludes halogenated alkanes) is 1. The van der Waals surface area contributed by atoms with Crippen molar-refractivity contribution >= 4 is 15.8 Å². The van der Waals surface area contributed by atoms with E-state index in [0.29, 0.717) is 25.5 Å². The summed E-state index contributed by atoms with van der Waals surface area (Å²) in [7, 11) is -2.22. The molecule has 0 atom stereocenters. The molecule has 0 heterocycles. The molecule has 0 fully saturated rings. The second kappa shape index (κ2) is 6.63. The van der Waals surface area contributed by atoms with Crippen molar-refractivity contribution in [2.45, 2.75) is 17.7 Å². The predicted molar refractivity (Wildman–Crippen MR) is 66.5 cm³/mol. The van der Waals surface area contributed by atoms with Crippen molar-refractivity contribution in [3.8, 4) is 0 Å². The monoisotopic (exact) mass is 290 g/mol. The Labute approximate surface area is 110 Å². The van der Waals surface area contributed by atoms with Crippen LogP contribution in [0.4, 0.5) is 4.39 Å². The highest BCUT2D eigenvalue weighted by Gasteiger charge is 2.20. The van der Waals surface area contributed by atoms with Crippen molar-refractivity contribution < 1.29 is 27.4 Å². The Morgan fingerprint density at radius 2 is 2.05 bits per heavy atom. The third-order valence-electron chi connectivity index (χ3n) is 2.53. The highest BCUT2D eigenvalue weighted by atomic mass is 32.2. The number of carbonyl (C=O) groups is 1. The maximum Gasteiger partial charge on any atom is 0.335 e. The van der Waals surface area contributed by atoms with Gasteiger partial charge in [0, 0.05) is 13.7 Å². The molecular weight excluding hydrogens is 275 g/mol. The Balaban J connectivity index is 2.87. The molecule has 0 amide bonds. The summed E-state index contributed by atoms with van der Waals surface area (Å²) in [6.45, 7) is 0.440. The summed E-state index contributed by atoms with van der Waals surface area (Å²) in [5, 5.41) is 8.67. The van der Waals surface area contributed by atoms with Crippen LogP contribution in [0.3, 0.4) is 0 Å². The quantitative estimate of drug-likeness (QED) is 0.773. The van der Waals surface area contributed by atoms with Crippen molar-refractivity contribution in [2.75, 3.05) is 19.5 Å². The van der Waals surface area contributed by atoms with Crippen LogP contribution in [0.2, 0.25) is 0 Å². The number of aromatic carboxylic acids is 1. The average Bonchev–Trinajstić information content (AvgIpc) is 2.34. The van der Waals surface area contributed by atoms with E-state index in [9.17, 15) is 17.6 Å². The first kappa shape index (κ1) is 15.6. The number of carboxylic acids is 1. The van der Waals surface area contributed by atoms with Gasteiger partial charge in [0.2, 0.25) is 0 Å². The zero-order valence-electron chi connectivity index (χ0n) is 10.4. The van der Waals surface area contributed by atoms with E-state index in [2.05, 4.69) is 0 Å². The SMILES string of the molecule is COCCCCS(=O)(=O)c1ccc(C(=O)O)cc1F. The summed E-state index contributed by atoms with van der Waals surface area (Å²) < 4.78 is 42.1. The van der Waals surface area contributed by atoms with Gasteiger partial charge in [-0.25, -0.2) is 17.6 Å². The second-order valence-corrected chi connectivity index (χ2v) is 6.05. The topological polar surface area (TPSA) is 80.7 Å². The Morgan fingerprint density at radius 3 is 2.58 bits per heavy atom. The largest absolute Gasteiger partial charge is 0.478 e. The number of hydrogen-bond acceptors (Lipinski definition) is 4. The molecule has 0 radical (unpaired) electrons. The number of benzene rings is 1. The van der Waals surface area contributed by atoms with Gasteiger partial charge in [0.25, 0.3) is 0 Å². The standard InChI is InChI=1S/C12H15FO5S/c1-18-6-2-3-7-19(16,17)11-5-4-9(12(14)15)8-10(11)13/h4-5,8H,2-3,6-7H2,1H3,(H,14,15). The Bertz CT molecular complexity index is 553. The number of hydrogen-bond donors (Lipinski definition) is 1. The molecule has 1 rings (SSSR count). The first-order chi connectivity index (χ1) is 8.88. The molecule has 7 heteroatoms. The number of ether oxygens (including phenoxy) is 1. The molecule has 0 saturated carbocycles. The Morgan fingerprint density at radius 1 is 1.37 bits per heavy atom. The summed E-state index contributed by atoms with van der Waals surface area (Å²) in [6.07, 6.45) is 0.918. The van der Waals surface area contributed by atoms with Crippen LogP contribution in [0.5, 0.6) is 0 Å². The maximum atomic E-state index is 13.6. The van der Waals surface area contributed by atoms with Gasteiger partial charge in [-0.3, -0.25) is 0 Å². The van der Waals surface area contributed by atoms with E-state index < -0.39 is 26.5 Å². The van der Waals surface area contributed by atoms with Gasteiger partial charge in [-0.1, -0.05) is 0 Å². The van der Waals surface area contributed by atoms with Crippen LogP contribution < -0.4 is 0 Å². The maximum absolute atomic E-state index is 13.6. The van der Waals surface area contributed by atoms with Crippen LogP contribution in [0.25, 0.3) is 0 Å². The number of rotatable bonds is 7. The van der Waals surface area contributed by atoms with Crippen molar-refractivity contribution in [3.63, 3.8) is 0 Å². The van der Waals surface area contributed by atoms with Crippen molar-refractivity contribution in [3.05, 3.63) is 29.6 Å². The Hall–Kier alpha value is -1.47. The Kier molecular flexibility index (Phi) is 5.44. The summed E-state index contributed by atoms with van der Waals surface area (Å²) >= 11 is 0. The molecule has 106 valence electrons. The molecule has 1 aromatic rings. The van der Waals surface area contributed by atoms with Gasteiger partial charge in [-0.05, 0) is 31.0 Å². The minimum Gasteiger partial charge on any atom is -0.478 e. The molecule has 5 nitrogen and oxygen atoms in total. The van der Waals surface area contributed by atoms with Crippen molar-refractivity contribution in [1.82, 2.24) is 0 Å². The second-order valence-electron chi connectivity index (χ2n) is 3.97. The van der Waals surface area contributed by atoms with Crippen LogP contribution >= 0.6 is 0 Å². The average molecular weight is 290 g/mol. The lowest BCUT2D eigenvalue weighted by Crippen LogP contribution is -2.10. The highest BCUT2D eigenvalue weighted by Crippen LogP contribution is 2.18. The third-order valence-corrected chi connectivity index (χ3v) is 4.35. The van der Waals surface area contributed by atoms with Gasteiger partial charge in [-0.15, -0.1) is 0 Å². The van der Waals surface area contributed by atoms with Gasteiger partial charge in [0.1, 0.15) is 10.7 Å². The molecule has 0 aliphatic rings. The van der Waals surface area contributed by atoms with Gasteiger partial charge in [0.15, 0.2) is 9.84 Å². The lowest BCUT2D eigenvalue weighted by molar-refractivity contribution is 0.0696. The lowest BCUT2D eigenvalue weighted by Gasteiger charge is -2.06. The van der Waals surface area contributed by atoms with Gasteiger partial charge in [-0.2, -0.15) is 0 Å². The molecule has 0 saturated heterocycles. The molecule has 0 unspecified atom stereocenters. The van der Waals surface area contributed by atoms with Gasteiger partial charge >= 0.3 is 5.97 Å². The number of halogens is 1. The van der Waals surface area contributed by atoms with E-state index in [-0.39, 0.29) is 11.3 Å². The molecule has 0 aliphatic carbocycles. The zero-order valence-corrected chi connectivity index (χ0v) is 11.2. The van der Waals surface area contributed by atoms with Gasteiger partial charge in [0.05, 0.1) is 11.3 Å². The molecule has 0 aliphatic heterocycles. The summed E-state index contributed by atoms with van der Waals surface area (Å²) in [6, 6.07) is 2.78. The number of methoxy groups -OCH3 is 1. The number of sulfone groups is 1. The molecule has 0 bridgehead atoms. The molecule has 0 spiro atoms. The number of carboxylic acid groups (broad SMARTS) is 1. The summed E-state index contributed by atoms with van der Waals surface area (Å²) in [5.74, 6) is -2.53. The molecule has 1 N–H and O–H groups in total. The molecule has 19 heavy (non-hydrogen) atoms. The first-order valence-electron chi connectivity index (χ1n) is 5.63. The van der Waals surface area contributed by atoms with Crippen LogP contribution in [0, 0.1) is 5.82 Å². The highest BCUT2D eigenvalue weighted by molar-refractivity contribution is 7.91. The fourth-order valence-electron chi connectivity index (χ4n) is 1.53. The smallest absolute Gasteiger partial charge is 0.335 e. The van der Waals surface area contributed by atoms with Crippen LogP contribution in [0.1, 0.15) is 23.2 Å². The summed E-state index contributed by atoms with van der Waals surface area (Å²) in [4.78, 5) is 10.2. The van der Waals surface area contributed by atoms with E-state index >= 15 is 0 Å². The molecule has 1 aromatic carbocycles. The summed E-state index contributed by atoms with van der Waals surface area (Å²) in [5.41, 5.74) is -0.282. The fraction of sp³-hybridized carbons (Fsp3) is 0.417. The minimum absolute atomic E-state index is 0.195. The van der Waals surface area contributed by atoms with Crippen LogP contribution in [0.15, 0.2) is 23.1 Å². The first-order valence-corrected chi connectivity index (χ1v) is 7.28. The molecular formula is C12H15FO5S. The third kappa shape index (κ3) is 4.29. The van der Waals surface area contributed by atoms with E-state index in [1.807, 2.05) is 0 Å². The van der Waals surface area contributed by atoms with E-state index in [0.717, 1.165) is 12.1 Å². The minimum atomic E-state index is -3.74. The zero-order chi connectivity index (χ0) is 14.5. The van der Waals surface area contributed by atoms with Crippen molar-refractivity contribution in [1.29, 1.82) is 0 Å². The van der Waals surface area contributed by atoms with E-state index in [4.69, 9.17) is 9.84 Å². The van der Waals surface area contributed by atoms with Gasteiger partial charge < -0.3 is 9.84 Å². The lowest BCUT2D eigenvalue weighted by atomic mass is 10.2. The normalized spacial score (nSPS) is 11.5.